The second-order valence-corrected chi connectivity index (χ2v) is 14.3. The largest absolute Gasteiger partial charge is 0.427 e. The van der Waals surface area contributed by atoms with E-state index in [9.17, 15) is 4.79 Å². The minimum absolute atomic E-state index is 0.192. The van der Waals surface area contributed by atoms with E-state index in [-0.39, 0.29) is 23.2 Å². The minimum Gasteiger partial charge on any atom is -0.427 e. The van der Waals surface area contributed by atoms with Gasteiger partial charge >= 0.3 is 6.09 Å². The lowest BCUT2D eigenvalue weighted by atomic mass is 9.86. The summed E-state index contributed by atoms with van der Waals surface area (Å²) in [6, 6.07) is 16.4. The van der Waals surface area contributed by atoms with Crippen molar-refractivity contribution < 1.29 is 18.3 Å². The highest BCUT2D eigenvalue weighted by molar-refractivity contribution is 6.78. The lowest BCUT2D eigenvalue weighted by Gasteiger charge is -2.47. The molecule has 0 spiro atoms. The first-order chi connectivity index (χ1) is 13.9. The van der Waals surface area contributed by atoms with Gasteiger partial charge < -0.3 is 9.64 Å². The summed E-state index contributed by atoms with van der Waals surface area (Å²) in [5.74, 6) is 0. The predicted octanol–water partition coefficient (Wildman–Crippen LogP) is 6.70. The molecule has 0 aliphatic heterocycles. The van der Waals surface area contributed by atoms with Gasteiger partial charge in [-0.15, -0.1) is 0 Å². The molecule has 0 aliphatic rings. The van der Waals surface area contributed by atoms with Crippen LogP contribution in [0.1, 0.15) is 38.8 Å². The first-order valence-corrected chi connectivity index (χ1v) is 13.9. The van der Waals surface area contributed by atoms with Crippen LogP contribution < -0.4 is 0 Å². The van der Waals surface area contributed by atoms with E-state index in [4.69, 9.17) is 4.74 Å². The highest BCUT2D eigenvalue weighted by Gasteiger charge is 2.66. The summed E-state index contributed by atoms with van der Waals surface area (Å²) in [7, 11) is -3.17. The van der Waals surface area contributed by atoms with Crippen LogP contribution in [0, 0.1) is 0 Å². The molecule has 1 amide bonds. The number of hydrogen-bond acceptors (Lipinski definition) is 2. The molecule has 0 saturated heterocycles. The Morgan fingerprint density at radius 3 is 1.50 bits per heavy atom. The van der Waals surface area contributed by atoms with Gasteiger partial charge in [-0.3, -0.25) is 0 Å². The molecule has 164 valence electrons. The van der Waals surface area contributed by atoms with Gasteiger partial charge in [-0.25, -0.2) is 13.6 Å². The Morgan fingerprint density at radius 1 is 0.833 bits per heavy atom. The van der Waals surface area contributed by atoms with Crippen molar-refractivity contribution in [3.8, 4) is 0 Å². The smallest absolute Gasteiger partial charge is 0.411 e. The molecular formula is C24H33F2NO2Si. The Kier molecular flexibility index (Phi) is 7.12. The molecule has 2 aromatic carbocycles. The molecule has 0 fully saturated rings. The van der Waals surface area contributed by atoms with Crippen molar-refractivity contribution in [2.24, 2.45) is 0 Å². The van der Waals surface area contributed by atoms with Crippen LogP contribution in [0.25, 0.3) is 0 Å². The summed E-state index contributed by atoms with van der Waals surface area (Å²) in [6.07, 6.45) is -0.745. The van der Waals surface area contributed by atoms with Gasteiger partial charge in [0.1, 0.15) is 8.07 Å². The van der Waals surface area contributed by atoms with Gasteiger partial charge in [-0.1, -0.05) is 80.3 Å². The fraction of sp³-hybridized carbons (Fsp3) is 0.458. The molecule has 0 N–H and O–H groups in total. The van der Waals surface area contributed by atoms with Crippen LogP contribution in [0.15, 0.2) is 60.7 Å². The zero-order chi connectivity index (χ0) is 22.7. The van der Waals surface area contributed by atoms with Crippen molar-refractivity contribution in [2.75, 3.05) is 0 Å². The number of carbonyl (C=O) groups excluding carboxylic acids is 1. The maximum atomic E-state index is 16.4. The molecule has 0 aliphatic carbocycles. The number of alkyl halides is 2. The molecule has 0 bridgehead atoms. The van der Waals surface area contributed by atoms with Gasteiger partial charge in [-0.2, -0.15) is 0 Å². The Labute approximate surface area is 180 Å². The zero-order valence-corrected chi connectivity index (χ0v) is 19.9. The highest BCUT2D eigenvalue weighted by Crippen LogP contribution is 2.51. The molecule has 0 unspecified atom stereocenters. The number of benzene rings is 2. The fourth-order valence-corrected chi connectivity index (χ4v) is 5.18. The summed E-state index contributed by atoms with van der Waals surface area (Å²) in [5.41, 5.74) is -4.97. The second kappa shape index (κ2) is 8.88. The number of carbonyl (C=O) groups is 1. The molecule has 0 heterocycles. The topological polar surface area (TPSA) is 29.5 Å². The molecule has 2 rings (SSSR count). The standard InChI is InChI=1S/C24H33F2NO2Si/c1-18(2)27(19(3)4)22(28)29-23(20-14-10-8-11-15-20,21-16-12-9-13-17-21)24(25,26)30(5,6)7/h8-19H,1-7H3. The van der Waals surface area contributed by atoms with Gasteiger partial charge in [0.25, 0.3) is 5.55 Å². The maximum absolute atomic E-state index is 16.4. The second-order valence-electron chi connectivity index (χ2n) is 9.20. The summed E-state index contributed by atoms with van der Waals surface area (Å²) in [4.78, 5) is 14.8. The third-order valence-electron chi connectivity index (χ3n) is 5.31. The monoisotopic (exact) mass is 433 g/mol. The van der Waals surface area contributed by atoms with Crippen LogP contribution in [0.5, 0.6) is 0 Å². The van der Waals surface area contributed by atoms with E-state index in [1.807, 2.05) is 27.7 Å². The van der Waals surface area contributed by atoms with Crippen LogP contribution in [0.3, 0.4) is 0 Å². The SMILES string of the molecule is CC(C)N(C(=O)OC(c1ccccc1)(c1ccccc1)C(F)(F)[Si](C)(C)C)C(C)C. The van der Waals surface area contributed by atoms with Crippen molar-refractivity contribution in [1.29, 1.82) is 0 Å². The molecule has 0 radical (unpaired) electrons. The summed E-state index contributed by atoms with van der Waals surface area (Å²) in [5, 5.41) is 0. The third kappa shape index (κ3) is 4.29. The quantitative estimate of drug-likeness (QED) is 0.455. The van der Waals surface area contributed by atoms with Crippen molar-refractivity contribution in [3.63, 3.8) is 0 Å². The number of nitrogens with zero attached hydrogens (tertiary/aromatic N) is 1. The Morgan fingerprint density at radius 2 is 1.20 bits per heavy atom. The Hall–Kier alpha value is -2.21. The molecule has 0 atom stereocenters. The van der Waals surface area contributed by atoms with E-state index in [2.05, 4.69) is 0 Å². The number of amides is 1. The number of ether oxygens (including phenoxy) is 1. The molecule has 0 saturated carbocycles. The van der Waals surface area contributed by atoms with Crippen molar-refractivity contribution >= 4 is 14.2 Å². The molecule has 0 aromatic heterocycles. The number of hydrogen-bond donors (Lipinski definition) is 0. The normalized spacial score (nSPS) is 12.9. The first kappa shape index (κ1) is 24.1. The van der Waals surface area contributed by atoms with E-state index >= 15 is 8.78 Å². The average molecular weight is 434 g/mol. The van der Waals surface area contributed by atoms with E-state index < -0.39 is 25.3 Å². The molecule has 3 nitrogen and oxygen atoms in total. The average Bonchev–Trinajstić information content (AvgIpc) is 2.65. The summed E-state index contributed by atoms with van der Waals surface area (Å²) in [6.45, 7) is 12.2. The third-order valence-corrected chi connectivity index (χ3v) is 7.54. The van der Waals surface area contributed by atoms with Crippen molar-refractivity contribution in [3.05, 3.63) is 71.8 Å². The van der Waals surface area contributed by atoms with Gasteiger partial charge in [-0.05, 0) is 27.7 Å². The lowest BCUT2D eigenvalue weighted by Crippen LogP contribution is -2.63. The van der Waals surface area contributed by atoms with Crippen LogP contribution >= 0.6 is 0 Å². The van der Waals surface area contributed by atoms with Gasteiger partial charge in [0.15, 0.2) is 0 Å². The highest BCUT2D eigenvalue weighted by atomic mass is 28.3. The van der Waals surface area contributed by atoms with Crippen LogP contribution in [0.2, 0.25) is 19.6 Å². The molecule has 6 heteroatoms. The van der Waals surface area contributed by atoms with E-state index in [0.29, 0.717) is 0 Å². The summed E-state index contributed by atoms with van der Waals surface area (Å²) >= 11 is 0. The van der Waals surface area contributed by atoms with Gasteiger partial charge in [0.2, 0.25) is 5.60 Å². The first-order valence-electron chi connectivity index (χ1n) is 10.4. The Balaban J connectivity index is 2.84. The number of halogens is 2. The van der Waals surface area contributed by atoms with Crippen molar-refractivity contribution in [1.82, 2.24) is 4.90 Å². The van der Waals surface area contributed by atoms with Crippen LogP contribution in [-0.4, -0.2) is 36.7 Å². The minimum atomic E-state index is -3.28. The predicted molar refractivity (Wildman–Crippen MR) is 121 cm³/mol. The summed E-state index contributed by atoms with van der Waals surface area (Å²) < 4.78 is 38.8. The maximum Gasteiger partial charge on any atom is 0.411 e. The van der Waals surface area contributed by atoms with Gasteiger partial charge in [0.05, 0.1) is 0 Å². The van der Waals surface area contributed by atoms with Crippen molar-refractivity contribution in [2.45, 2.75) is 70.6 Å². The Bertz CT molecular complexity index is 786. The molecule has 30 heavy (non-hydrogen) atoms. The van der Waals surface area contributed by atoms with Crippen LogP contribution in [-0.2, 0) is 10.3 Å². The number of rotatable bonds is 7. The molecule has 2 aromatic rings. The van der Waals surface area contributed by atoms with E-state index in [1.54, 1.807) is 80.3 Å². The lowest BCUT2D eigenvalue weighted by molar-refractivity contribution is -0.126. The van der Waals surface area contributed by atoms with E-state index in [0.717, 1.165) is 0 Å². The molecular weight excluding hydrogens is 400 g/mol. The van der Waals surface area contributed by atoms with Gasteiger partial charge in [0, 0.05) is 23.2 Å². The van der Waals surface area contributed by atoms with Crippen LogP contribution in [0.4, 0.5) is 13.6 Å². The fourth-order valence-electron chi connectivity index (χ4n) is 3.79. The zero-order valence-electron chi connectivity index (χ0n) is 18.9. The van der Waals surface area contributed by atoms with E-state index in [1.165, 1.54) is 4.90 Å².